The Morgan fingerprint density at radius 1 is 0.762 bits per heavy atom. The van der Waals surface area contributed by atoms with E-state index >= 15 is 0 Å². The summed E-state index contributed by atoms with van der Waals surface area (Å²) in [5, 5.41) is 46.9. The van der Waals surface area contributed by atoms with Crippen LogP contribution in [0.15, 0.2) is 0 Å². The van der Waals surface area contributed by atoms with Crippen molar-refractivity contribution >= 4 is 11.9 Å². The van der Waals surface area contributed by atoms with Gasteiger partial charge in [-0.15, -0.1) is 0 Å². The van der Waals surface area contributed by atoms with Gasteiger partial charge in [-0.2, -0.15) is 0 Å². The molecule has 0 aliphatic heterocycles. The first kappa shape index (κ1) is 17.1. The van der Waals surface area contributed by atoms with E-state index in [1.165, 1.54) is 0 Å². The molecule has 5 N–H and O–H groups in total. The van der Waals surface area contributed by atoms with Crippen LogP contribution in [0.4, 0.5) is 0 Å². The van der Waals surface area contributed by atoms with Crippen LogP contribution in [0.5, 0.6) is 0 Å². The van der Waals surface area contributed by atoms with Crippen molar-refractivity contribution in [1.29, 1.82) is 0 Å². The molecule has 116 valence electrons. The number of hydrogen-bond donors (Lipinski definition) is 5. The minimum Gasteiger partial charge on any atom is -0.478 e. The van der Waals surface area contributed by atoms with E-state index in [0.717, 1.165) is 0 Å². The summed E-state index contributed by atoms with van der Waals surface area (Å²) in [6.07, 6.45) is 0.784. The zero-order valence-corrected chi connectivity index (χ0v) is 11.6. The standard InChI is InChI=1S/C14H18O7/c1-2-3-7-8(4-15)12(14(20)21)10(6-17)9(5-16)11(7)13(18)19/h15-17H,2-6H2,1H3,(H,18,19)(H,20,21). The highest BCUT2D eigenvalue weighted by molar-refractivity contribution is 5.98. The van der Waals surface area contributed by atoms with E-state index in [1.807, 2.05) is 0 Å². The molecular weight excluding hydrogens is 280 g/mol. The summed E-state index contributed by atoms with van der Waals surface area (Å²) in [5.74, 6) is -2.71. The van der Waals surface area contributed by atoms with Gasteiger partial charge in [-0.1, -0.05) is 13.3 Å². The van der Waals surface area contributed by atoms with Gasteiger partial charge in [-0.05, 0) is 28.7 Å². The molecule has 0 unspecified atom stereocenters. The molecule has 0 heterocycles. The summed E-state index contributed by atoms with van der Waals surface area (Å²) in [7, 11) is 0. The van der Waals surface area contributed by atoms with Gasteiger partial charge in [-0.25, -0.2) is 9.59 Å². The van der Waals surface area contributed by atoms with E-state index in [-0.39, 0.29) is 39.8 Å². The van der Waals surface area contributed by atoms with E-state index < -0.39 is 31.8 Å². The molecule has 0 aliphatic rings. The van der Waals surface area contributed by atoms with Gasteiger partial charge in [-0.3, -0.25) is 0 Å². The Labute approximate surface area is 121 Å². The van der Waals surface area contributed by atoms with Crippen molar-refractivity contribution in [1.82, 2.24) is 0 Å². The molecule has 21 heavy (non-hydrogen) atoms. The van der Waals surface area contributed by atoms with Crippen LogP contribution in [0.1, 0.15) is 56.3 Å². The molecule has 0 amide bonds. The predicted octanol–water partition coefficient (Wildman–Crippen LogP) is 0.512. The first-order valence-corrected chi connectivity index (χ1v) is 6.43. The predicted molar refractivity (Wildman–Crippen MR) is 72.1 cm³/mol. The van der Waals surface area contributed by atoms with Crippen LogP contribution in [0.2, 0.25) is 0 Å². The SMILES string of the molecule is CCCc1c(CO)c(C(=O)O)c(CO)c(CO)c1C(=O)O. The molecule has 0 aromatic heterocycles. The third-order valence-electron chi connectivity index (χ3n) is 3.34. The minimum atomic E-state index is -1.38. The molecule has 0 spiro atoms. The molecular formula is C14H18O7. The normalized spacial score (nSPS) is 10.7. The zero-order valence-electron chi connectivity index (χ0n) is 11.6. The van der Waals surface area contributed by atoms with Crippen LogP contribution in [0.25, 0.3) is 0 Å². The maximum absolute atomic E-state index is 11.5. The van der Waals surface area contributed by atoms with Gasteiger partial charge < -0.3 is 25.5 Å². The number of carboxylic acid groups (broad SMARTS) is 2. The Hall–Kier alpha value is -1.96. The quantitative estimate of drug-likeness (QED) is 0.495. The van der Waals surface area contributed by atoms with E-state index in [4.69, 9.17) is 0 Å². The molecule has 1 aromatic rings. The van der Waals surface area contributed by atoms with Crippen LogP contribution >= 0.6 is 0 Å². The minimum absolute atomic E-state index is 0.0250. The molecule has 0 atom stereocenters. The fourth-order valence-electron chi connectivity index (χ4n) is 2.53. The van der Waals surface area contributed by atoms with E-state index in [9.17, 15) is 35.1 Å². The van der Waals surface area contributed by atoms with Gasteiger partial charge in [0.2, 0.25) is 0 Å². The van der Waals surface area contributed by atoms with Gasteiger partial charge in [0.1, 0.15) is 0 Å². The summed E-state index contributed by atoms with van der Waals surface area (Å²) in [5.41, 5.74) is -0.710. The van der Waals surface area contributed by atoms with Crippen molar-refractivity contribution in [2.24, 2.45) is 0 Å². The van der Waals surface area contributed by atoms with Gasteiger partial charge in [0, 0.05) is 0 Å². The summed E-state index contributed by atoms with van der Waals surface area (Å²) in [4.78, 5) is 22.9. The zero-order chi connectivity index (χ0) is 16.2. The second-order valence-electron chi connectivity index (χ2n) is 4.50. The third-order valence-corrected chi connectivity index (χ3v) is 3.34. The van der Waals surface area contributed by atoms with Gasteiger partial charge in [0.05, 0.1) is 30.9 Å². The Bertz CT molecular complexity index is 563. The molecule has 0 bridgehead atoms. The molecule has 1 rings (SSSR count). The second-order valence-corrected chi connectivity index (χ2v) is 4.50. The van der Waals surface area contributed by atoms with Crippen molar-refractivity contribution in [2.45, 2.75) is 39.6 Å². The fourth-order valence-corrected chi connectivity index (χ4v) is 2.53. The van der Waals surface area contributed by atoms with Gasteiger partial charge in [0.25, 0.3) is 0 Å². The largest absolute Gasteiger partial charge is 0.478 e. The van der Waals surface area contributed by atoms with Crippen LogP contribution in [0.3, 0.4) is 0 Å². The van der Waals surface area contributed by atoms with Gasteiger partial charge in [0.15, 0.2) is 0 Å². The molecule has 0 saturated carbocycles. The van der Waals surface area contributed by atoms with Crippen molar-refractivity contribution in [3.8, 4) is 0 Å². The number of benzene rings is 1. The molecule has 7 nitrogen and oxygen atoms in total. The highest BCUT2D eigenvalue weighted by Gasteiger charge is 2.28. The summed E-state index contributed by atoms with van der Waals surface area (Å²) < 4.78 is 0. The molecule has 0 radical (unpaired) electrons. The third kappa shape index (κ3) is 3.05. The Morgan fingerprint density at radius 2 is 1.10 bits per heavy atom. The molecule has 0 aliphatic carbocycles. The average Bonchev–Trinajstić information content (AvgIpc) is 2.44. The number of rotatable bonds is 7. The van der Waals surface area contributed by atoms with Crippen LogP contribution < -0.4 is 0 Å². The number of aliphatic hydroxyl groups excluding tert-OH is 3. The summed E-state index contributed by atoms with van der Waals surface area (Å²) >= 11 is 0. The lowest BCUT2D eigenvalue weighted by Gasteiger charge is -2.20. The van der Waals surface area contributed by atoms with E-state index in [2.05, 4.69) is 0 Å². The van der Waals surface area contributed by atoms with Crippen molar-refractivity contribution in [2.75, 3.05) is 0 Å². The van der Waals surface area contributed by atoms with Crippen molar-refractivity contribution < 1.29 is 35.1 Å². The van der Waals surface area contributed by atoms with E-state index in [0.29, 0.717) is 6.42 Å². The van der Waals surface area contributed by atoms with Gasteiger partial charge >= 0.3 is 11.9 Å². The lowest BCUT2D eigenvalue weighted by atomic mass is 9.85. The first-order chi connectivity index (χ1) is 9.94. The number of aromatic carboxylic acids is 2. The lowest BCUT2D eigenvalue weighted by Crippen LogP contribution is -2.20. The van der Waals surface area contributed by atoms with Crippen LogP contribution in [-0.4, -0.2) is 37.5 Å². The van der Waals surface area contributed by atoms with Crippen LogP contribution in [-0.2, 0) is 26.2 Å². The number of hydrogen-bond acceptors (Lipinski definition) is 5. The average molecular weight is 298 g/mol. The number of carbonyl (C=O) groups is 2. The molecule has 7 heteroatoms. The maximum Gasteiger partial charge on any atom is 0.336 e. The Kier molecular flexibility index (Phi) is 5.83. The highest BCUT2D eigenvalue weighted by Crippen LogP contribution is 2.30. The molecule has 0 saturated heterocycles. The second kappa shape index (κ2) is 7.16. The Morgan fingerprint density at radius 3 is 1.38 bits per heavy atom. The molecule has 1 aromatic carbocycles. The smallest absolute Gasteiger partial charge is 0.336 e. The first-order valence-electron chi connectivity index (χ1n) is 6.43. The lowest BCUT2D eigenvalue weighted by molar-refractivity contribution is 0.0671. The fraction of sp³-hybridized carbons (Fsp3) is 0.429. The molecule has 0 fully saturated rings. The number of aliphatic hydroxyl groups is 3. The topological polar surface area (TPSA) is 135 Å². The van der Waals surface area contributed by atoms with Crippen molar-refractivity contribution in [3.05, 3.63) is 33.4 Å². The highest BCUT2D eigenvalue weighted by atomic mass is 16.4. The monoisotopic (exact) mass is 298 g/mol. The Balaban J connectivity index is 3.96. The summed E-state index contributed by atoms with van der Waals surface area (Å²) in [6, 6.07) is 0. The maximum atomic E-state index is 11.5. The van der Waals surface area contributed by atoms with Crippen LogP contribution in [0, 0.1) is 0 Å². The summed E-state index contributed by atoms with van der Waals surface area (Å²) in [6.45, 7) is -0.320. The van der Waals surface area contributed by atoms with Crippen molar-refractivity contribution in [3.63, 3.8) is 0 Å². The number of carboxylic acids is 2. The van der Waals surface area contributed by atoms with E-state index in [1.54, 1.807) is 6.92 Å².